The molecule has 20 heavy (non-hydrogen) atoms. The predicted molar refractivity (Wildman–Crippen MR) is 67.5 cm³/mol. The van der Waals surface area contributed by atoms with Crippen molar-refractivity contribution in [2.45, 2.75) is 6.18 Å². The standard InChI is InChI=1S/C11H13F3N2O3.ClH/c1-16(2)5-6-19-9-7(10(17)18)3-4-8(15-9)11(12,13)14;/h3-4H,5-6H2,1-2H3,(H,17,18);1H. The Morgan fingerprint density at radius 3 is 2.45 bits per heavy atom. The quantitative estimate of drug-likeness (QED) is 0.902. The third-order valence-corrected chi connectivity index (χ3v) is 2.16. The molecule has 0 unspecified atom stereocenters. The molecule has 0 saturated carbocycles. The van der Waals surface area contributed by atoms with Gasteiger partial charge in [0.2, 0.25) is 5.88 Å². The van der Waals surface area contributed by atoms with Gasteiger partial charge >= 0.3 is 12.1 Å². The lowest BCUT2D eigenvalue weighted by molar-refractivity contribution is -0.141. The SMILES string of the molecule is CN(C)CCOc1nc(C(F)(F)F)ccc1C(=O)O.Cl. The zero-order valence-electron chi connectivity index (χ0n) is 10.8. The van der Waals surface area contributed by atoms with Crippen molar-refractivity contribution in [1.29, 1.82) is 0 Å². The van der Waals surface area contributed by atoms with Crippen molar-refractivity contribution in [3.8, 4) is 5.88 Å². The van der Waals surface area contributed by atoms with E-state index in [4.69, 9.17) is 9.84 Å². The van der Waals surface area contributed by atoms with Crippen molar-refractivity contribution < 1.29 is 27.8 Å². The van der Waals surface area contributed by atoms with Gasteiger partial charge in [-0.3, -0.25) is 0 Å². The largest absolute Gasteiger partial charge is 0.477 e. The van der Waals surface area contributed by atoms with Crippen LogP contribution in [-0.4, -0.2) is 48.2 Å². The first-order valence-corrected chi connectivity index (χ1v) is 5.31. The minimum Gasteiger partial charge on any atom is -0.477 e. The molecule has 114 valence electrons. The highest BCUT2D eigenvalue weighted by Gasteiger charge is 2.33. The number of pyridine rings is 1. The Labute approximate surface area is 119 Å². The van der Waals surface area contributed by atoms with Crippen molar-refractivity contribution in [2.24, 2.45) is 0 Å². The Morgan fingerprint density at radius 1 is 1.40 bits per heavy atom. The summed E-state index contributed by atoms with van der Waals surface area (Å²) in [4.78, 5) is 15.8. The molecule has 0 fully saturated rings. The van der Waals surface area contributed by atoms with E-state index in [1.165, 1.54) is 0 Å². The Kier molecular flexibility index (Phi) is 6.74. The summed E-state index contributed by atoms with van der Waals surface area (Å²) in [6, 6.07) is 1.45. The van der Waals surface area contributed by atoms with Gasteiger partial charge in [0.05, 0.1) is 0 Å². The van der Waals surface area contributed by atoms with E-state index in [9.17, 15) is 18.0 Å². The fourth-order valence-electron chi connectivity index (χ4n) is 1.20. The molecule has 1 N–H and O–H groups in total. The first kappa shape index (κ1) is 18.5. The van der Waals surface area contributed by atoms with Gasteiger partial charge < -0.3 is 14.7 Å². The highest BCUT2D eigenvalue weighted by atomic mass is 35.5. The molecule has 9 heteroatoms. The summed E-state index contributed by atoms with van der Waals surface area (Å²) in [5.41, 5.74) is -1.58. The van der Waals surface area contributed by atoms with Gasteiger partial charge in [-0.05, 0) is 26.2 Å². The fraction of sp³-hybridized carbons (Fsp3) is 0.455. The monoisotopic (exact) mass is 314 g/mol. The van der Waals surface area contributed by atoms with Crippen LogP contribution >= 0.6 is 12.4 Å². The number of aromatic carboxylic acids is 1. The molecule has 0 bridgehead atoms. The summed E-state index contributed by atoms with van der Waals surface area (Å²) in [6.07, 6.45) is -4.64. The Balaban J connectivity index is 0.00000361. The molecular weight excluding hydrogens is 301 g/mol. The molecule has 0 aliphatic heterocycles. The van der Waals surface area contributed by atoms with Crippen LogP contribution in [0.3, 0.4) is 0 Å². The predicted octanol–water partition coefficient (Wildman–Crippen LogP) is 2.16. The number of carboxylic acid groups (broad SMARTS) is 1. The van der Waals surface area contributed by atoms with Crippen molar-refractivity contribution >= 4 is 18.4 Å². The van der Waals surface area contributed by atoms with Crippen LogP contribution < -0.4 is 4.74 Å². The molecule has 0 atom stereocenters. The van der Waals surface area contributed by atoms with Crippen LogP contribution in [0.25, 0.3) is 0 Å². The van der Waals surface area contributed by atoms with Crippen molar-refractivity contribution in [1.82, 2.24) is 9.88 Å². The number of halogens is 4. The van der Waals surface area contributed by atoms with Crippen LogP contribution in [0.4, 0.5) is 13.2 Å². The second-order valence-electron chi connectivity index (χ2n) is 4.00. The molecule has 0 spiro atoms. The zero-order valence-corrected chi connectivity index (χ0v) is 11.6. The van der Waals surface area contributed by atoms with Crippen LogP contribution in [0.5, 0.6) is 5.88 Å². The average Bonchev–Trinajstić information content (AvgIpc) is 2.26. The molecule has 0 aliphatic carbocycles. The van der Waals surface area contributed by atoms with E-state index in [0.717, 1.165) is 6.07 Å². The lowest BCUT2D eigenvalue weighted by Gasteiger charge is -2.13. The van der Waals surface area contributed by atoms with E-state index >= 15 is 0 Å². The van der Waals surface area contributed by atoms with Gasteiger partial charge in [0.15, 0.2) is 0 Å². The Bertz CT molecular complexity index is 467. The van der Waals surface area contributed by atoms with Crippen LogP contribution in [0.15, 0.2) is 12.1 Å². The summed E-state index contributed by atoms with van der Waals surface area (Å²) >= 11 is 0. The molecule has 1 heterocycles. The van der Waals surface area contributed by atoms with E-state index in [2.05, 4.69) is 4.98 Å². The molecule has 0 aliphatic rings. The van der Waals surface area contributed by atoms with Crippen LogP contribution in [0.2, 0.25) is 0 Å². The number of nitrogens with zero attached hydrogens (tertiary/aromatic N) is 2. The number of ether oxygens (including phenoxy) is 1. The summed E-state index contributed by atoms with van der Waals surface area (Å²) in [5, 5.41) is 8.86. The number of likely N-dealkylation sites (N-methyl/N-ethyl adjacent to an activating group) is 1. The second kappa shape index (κ2) is 7.30. The summed E-state index contributed by atoms with van der Waals surface area (Å²) in [5.74, 6) is -1.91. The van der Waals surface area contributed by atoms with Crippen molar-refractivity contribution in [3.05, 3.63) is 23.4 Å². The van der Waals surface area contributed by atoms with Gasteiger partial charge in [0.25, 0.3) is 0 Å². The summed E-state index contributed by atoms with van der Waals surface area (Å²) in [6.45, 7) is 0.471. The number of hydrogen-bond donors (Lipinski definition) is 1. The van der Waals surface area contributed by atoms with E-state index in [1.807, 2.05) is 0 Å². The Hall–Kier alpha value is -1.54. The van der Waals surface area contributed by atoms with E-state index in [1.54, 1.807) is 19.0 Å². The number of carboxylic acids is 1. The van der Waals surface area contributed by atoms with E-state index < -0.39 is 29.3 Å². The minimum absolute atomic E-state index is 0. The zero-order chi connectivity index (χ0) is 14.6. The highest BCUT2D eigenvalue weighted by molar-refractivity contribution is 5.90. The molecule has 1 aromatic rings. The molecule has 5 nitrogen and oxygen atoms in total. The van der Waals surface area contributed by atoms with Crippen molar-refractivity contribution in [3.63, 3.8) is 0 Å². The number of hydrogen-bond acceptors (Lipinski definition) is 4. The number of aromatic nitrogens is 1. The maximum atomic E-state index is 12.5. The molecule has 0 saturated heterocycles. The lowest BCUT2D eigenvalue weighted by Crippen LogP contribution is -2.21. The smallest absolute Gasteiger partial charge is 0.433 e. The van der Waals surface area contributed by atoms with Crippen LogP contribution in [-0.2, 0) is 6.18 Å². The van der Waals surface area contributed by atoms with Crippen molar-refractivity contribution in [2.75, 3.05) is 27.2 Å². The van der Waals surface area contributed by atoms with Gasteiger partial charge in [-0.25, -0.2) is 9.78 Å². The average molecular weight is 315 g/mol. The normalized spacial score (nSPS) is 11.1. The summed E-state index contributed by atoms with van der Waals surface area (Å²) < 4.78 is 42.4. The van der Waals surface area contributed by atoms with Crippen LogP contribution in [0, 0.1) is 0 Å². The maximum absolute atomic E-state index is 12.5. The molecule has 1 aromatic heterocycles. The first-order valence-electron chi connectivity index (χ1n) is 5.31. The molecule has 0 radical (unpaired) electrons. The molecule has 0 amide bonds. The van der Waals surface area contributed by atoms with Gasteiger partial charge in [0, 0.05) is 6.54 Å². The first-order chi connectivity index (χ1) is 8.71. The third kappa shape index (κ3) is 5.22. The summed E-state index contributed by atoms with van der Waals surface area (Å²) in [7, 11) is 3.50. The second-order valence-corrected chi connectivity index (χ2v) is 4.00. The number of rotatable bonds is 5. The maximum Gasteiger partial charge on any atom is 0.433 e. The lowest BCUT2D eigenvalue weighted by atomic mass is 10.2. The van der Waals surface area contributed by atoms with Crippen LogP contribution in [0.1, 0.15) is 16.1 Å². The van der Waals surface area contributed by atoms with Gasteiger partial charge in [-0.1, -0.05) is 0 Å². The van der Waals surface area contributed by atoms with Gasteiger partial charge in [-0.15, -0.1) is 12.4 Å². The van der Waals surface area contributed by atoms with Gasteiger partial charge in [-0.2, -0.15) is 13.2 Å². The Morgan fingerprint density at radius 2 is 2.00 bits per heavy atom. The third-order valence-electron chi connectivity index (χ3n) is 2.16. The number of carbonyl (C=O) groups is 1. The minimum atomic E-state index is -4.64. The number of alkyl halides is 3. The topological polar surface area (TPSA) is 62.7 Å². The molecule has 1 rings (SSSR count). The highest BCUT2D eigenvalue weighted by Crippen LogP contribution is 2.30. The fourth-order valence-corrected chi connectivity index (χ4v) is 1.20. The molecular formula is C11H14ClF3N2O3. The van der Waals surface area contributed by atoms with E-state index in [0.29, 0.717) is 12.6 Å². The molecule has 0 aromatic carbocycles. The van der Waals surface area contributed by atoms with E-state index in [-0.39, 0.29) is 19.0 Å². The van der Waals surface area contributed by atoms with Gasteiger partial charge in [0.1, 0.15) is 17.9 Å².